The molecule has 0 radical (unpaired) electrons. The Morgan fingerprint density at radius 1 is 1.16 bits per heavy atom. The third-order valence-electron chi connectivity index (χ3n) is 3.67. The van der Waals surface area contributed by atoms with Crippen LogP contribution in [-0.2, 0) is 7.05 Å². The van der Waals surface area contributed by atoms with Crippen LogP contribution < -0.4 is 5.32 Å². The van der Waals surface area contributed by atoms with Crippen LogP contribution in [0.2, 0.25) is 0 Å². The molecule has 0 aliphatic rings. The third-order valence-corrected chi connectivity index (χ3v) is 3.67. The highest BCUT2D eigenvalue weighted by atomic mass is 19.1. The molecule has 4 nitrogen and oxygen atoms in total. The fourth-order valence-electron chi connectivity index (χ4n) is 2.52. The number of anilines is 1. The van der Waals surface area contributed by atoms with Gasteiger partial charge in [-0.15, -0.1) is 11.0 Å². The van der Waals surface area contributed by atoms with Crippen LogP contribution in [0.1, 0.15) is 22.8 Å². The van der Waals surface area contributed by atoms with Gasteiger partial charge in [0.2, 0.25) is 5.95 Å². The van der Waals surface area contributed by atoms with Crippen molar-refractivity contribution in [1.29, 1.82) is 0 Å². The van der Waals surface area contributed by atoms with Gasteiger partial charge in [0.1, 0.15) is 5.56 Å². The Morgan fingerprint density at radius 2 is 1.88 bits per heavy atom. The highest BCUT2D eigenvalue weighted by molar-refractivity contribution is 6.06. The Hall–Kier alpha value is -3.39. The minimum Gasteiger partial charge on any atom is -0.321 e. The van der Waals surface area contributed by atoms with Crippen molar-refractivity contribution in [3.05, 3.63) is 71.8 Å². The molecule has 0 saturated carbocycles. The third kappa shape index (κ3) is 3.59. The quantitative estimate of drug-likeness (QED) is 0.740. The molecule has 0 aliphatic carbocycles. The fourth-order valence-corrected chi connectivity index (χ4v) is 2.52. The Labute approximate surface area is 145 Å². The summed E-state index contributed by atoms with van der Waals surface area (Å²) in [4.78, 5) is 12.3. The molecule has 0 aliphatic heterocycles. The maximum atomic E-state index is 13.7. The number of aryl methyl sites for hydroxylation is 1. The van der Waals surface area contributed by atoms with Crippen molar-refractivity contribution in [2.45, 2.75) is 6.92 Å². The molecule has 5 heteroatoms. The van der Waals surface area contributed by atoms with Crippen LogP contribution in [0, 0.1) is 17.8 Å². The number of benzene rings is 2. The summed E-state index contributed by atoms with van der Waals surface area (Å²) in [5.41, 5.74) is 3.21. The van der Waals surface area contributed by atoms with Gasteiger partial charge in [0, 0.05) is 30.1 Å². The number of aromatic nitrogens is 2. The van der Waals surface area contributed by atoms with E-state index in [4.69, 9.17) is 0 Å². The summed E-state index contributed by atoms with van der Waals surface area (Å²) in [6.07, 6.45) is 1.35. The van der Waals surface area contributed by atoms with E-state index in [1.807, 2.05) is 42.5 Å². The monoisotopic (exact) mass is 333 g/mol. The SMILES string of the molecule is CC#Cc1ccc(-c2ccccc2NC(=O)c2cn(C)nc2F)cc1. The molecule has 124 valence electrons. The van der Waals surface area contributed by atoms with Crippen LogP contribution in [0.4, 0.5) is 10.1 Å². The van der Waals surface area contributed by atoms with Crippen molar-refractivity contribution < 1.29 is 9.18 Å². The molecule has 25 heavy (non-hydrogen) atoms. The topological polar surface area (TPSA) is 46.9 Å². The van der Waals surface area contributed by atoms with Gasteiger partial charge >= 0.3 is 0 Å². The van der Waals surface area contributed by atoms with E-state index < -0.39 is 11.9 Å². The van der Waals surface area contributed by atoms with Crippen molar-refractivity contribution in [3.8, 4) is 23.0 Å². The van der Waals surface area contributed by atoms with Gasteiger partial charge in [-0.1, -0.05) is 36.3 Å². The lowest BCUT2D eigenvalue weighted by Crippen LogP contribution is -2.13. The van der Waals surface area contributed by atoms with Gasteiger partial charge in [-0.25, -0.2) is 0 Å². The second-order valence-electron chi connectivity index (χ2n) is 5.46. The molecular formula is C20H16FN3O. The first kappa shape index (κ1) is 16.5. The first-order valence-corrected chi connectivity index (χ1v) is 7.71. The van der Waals surface area contributed by atoms with Gasteiger partial charge < -0.3 is 5.32 Å². The number of nitrogens with one attached hydrogen (secondary N) is 1. The molecule has 0 bridgehead atoms. The normalized spacial score (nSPS) is 10.0. The van der Waals surface area contributed by atoms with Crippen LogP contribution in [-0.4, -0.2) is 15.7 Å². The summed E-state index contributed by atoms with van der Waals surface area (Å²) in [6, 6.07) is 15.1. The maximum Gasteiger partial charge on any atom is 0.261 e. The molecule has 1 aromatic heterocycles. The van der Waals surface area contributed by atoms with Crippen molar-refractivity contribution in [1.82, 2.24) is 9.78 Å². The van der Waals surface area contributed by atoms with E-state index >= 15 is 0 Å². The highest BCUT2D eigenvalue weighted by Crippen LogP contribution is 2.28. The van der Waals surface area contributed by atoms with Crippen molar-refractivity contribution in [2.75, 3.05) is 5.32 Å². The number of rotatable bonds is 3. The molecule has 3 aromatic rings. The largest absolute Gasteiger partial charge is 0.321 e. The van der Waals surface area contributed by atoms with Crippen molar-refractivity contribution >= 4 is 11.6 Å². The molecular weight excluding hydrogens is 317 g/mol. The minimum atomic E-state index is -0.792. The van der Waals surface area contributed by atoms with Crippen LogP contribution in [0.5, 0.6) is 0 Å². The average Bonchev–Trinajstić information content (AvgIpc) is 2.95. The number of carbonyl (C=O) groups excluding carboxylic acids is 1. The molecule has 1 heterocycles. The zero-order chi connectivity index (χ0) is 17.8. The first-order chi connectivity index (χ1) is 12.1. The molecule has 2 aromatic carbocycles. The van der Waals surface area contributed by atoms with Gasteiger partial charge in [-0.3, -0.25) is 9.48 Å². The summed E-state index contributed by atoms with van der Waals surface area (Å²) < 4.78 is 15.0. The molecule has 0 fully saturated rings. The first-order valence-electron chi connectivity index (χ1n) is 7.71. The van der Waals surface area contributed by atoms with E-state index in [9.17, 15) is 9.18 Å². The maximum absolute atomic E-state index is 13.7. The van der Waals surface area contributed by atoms with Gasteiger partial charge in [0.25, 0.3) is 5.91 Å². The van der Waals surface area contributed by atoms with Gasteiger partial charge in [0.05, 0.1) is 0 Å². The molecule has 1 N–H and O–H groups in total. The Kier molecular flexibility index (Phi) is 4.62. The Bertz CT molecular complexity index is 978. The van der Waals surface area contributed by atoms with Crippen LogP contribution in [0.3, 0.4) is 0 Å². The van der Waals surface area contributed by atoms with E-state index in [2.05, 4.69) is 22.3 Å². The number of hydrogen-bond acceptors (Lipinski definition) is 2. The number of halogens is 1. The second-order valence-corrected chi connectivity index (χ2v) is 5.46. The van der Waals surface area contributed by atoms with Crippen LogP contribution in [0.15, 0.2) is 54.7 Å². The van der Waals surface area contributed by atoms with E-state index in [0.29, 0.717) is 5.69 Å². The lowest BCUT2D eigenvalue weighted by molar-refractivity contribution is 0.102. The smallest absolute Gasteiger partial charge is 0.261 e. The number of amides is 1. The Morgan fingerprint density at radius 3 is 2.52 bits per heavy atom. The zero-order valence-electron chi connectivity index (χ0n) is 13.9. The minimum absolute atomic E-state index is 0.0918. The van der Waals surface area contributed by atoms with Gasteiger partial charge in [-0.05, 0) is 30.7 Å². The number of nitrogens with zero attached hydrogens (tertiary/aromatic N) is 2. The summed E-state index contributed by atoms with van der Waals surface area (Å²) in [5.74, 6) is 4.52. The van der Waals surface area contributed by atoms with Gasteiger partial charge in [-0.2, -0.15) is 4.39 Å². The van der Waals surface area contributed by atoms with E-state index in [0.717, 1.165) is 16.7 Å². The predicted molar refractivity (Wildman–Crippen MR) is 95.5 cm³/mol. The molecule has 0 unspecified atom stereocenters. The average molecular weight is 333 g/mol. The Balaban J connectivity index is 1.91. The van der Waals surface area contributed by atoms with E-state index in [1.165, 1.54) is 10.9 Å². The molecule has 0 atom stereocenters. The van der Waals surface area contributed by atoms with Crippen LogP contribution in [0.25, 0.3) is 11.1 Å². The lowest BCUT2D eigenvalue weighted by Gasteiger charge is -2.11. The fraction of sp³-hybridized carbons (Fsp3) is 0.100. The van der Waals surface area contributed by atoms with Gasteiger partial charge in [0.15, 0.2) is 0 Å². The van der Waals surface area contributed by atoms with E-state index in [-0.39, 0.29) is 5.56 Å². The molecule has 3 rings (SSSR count). The summed E-state index contributed by atoms with van der Waals surface area (Å²) in [5, 5.41) is 6.32. The number of carbonyl (C=O) groups is 1. The number of hydrogen-bond donors (Lipinski definition) is 1. The lowest BCUT2D eigenvalue weighted by atomic mass is 10.0. The summed E-state index contributed by atoms with van der Waals surface area (Å²) in [7, 11) is 1.56. The van der Waals surface area contributed by atoms with Crippen molar-refractivity contribution in [2.24, 2.45) is 7.05 Å². The summed E-state index contributed by atoms with van der Waals surface area (Å²) in [6.45, 7) is 1.79. The molecule has 0 spiro atoms. The second kappa shape index (κ2) is 7.02. The standard InChI is InChI=1S/C20H16FN3O/c1-3-6-14-9-11-15(12-10-14)16-7-4-5-8-18(16)22-20(25)17-13-24(2)23-19(17)21/h4-5,7-13H,1-2H3,(H,22,25). The van der Waals surface area contributed by atoms with Crippen molar-refractivity contribution in [3.63, 3.8) is 0 Å². The zero-order valence-corrected chi connectivity index (χ0v) is 13.9. The molecule has 1 amide bonds. The van der Waals surface area contributed by atoms with E-state index in [1.54, 1.807) is 20.0 Å². The van der Waals surface area contributed by atoms with Crippen LogP contribution >= 0.6 is 0 Å². The number of para-hydroxylation sites is 1. The predicted octanol–water partition coefficient (Wildman–Crippen LogP) is 3.85. The highest BCUT2D eigenvalue weighted by Gasteiger charge is 2.17. The molecule has 0 saturated heterocycles. The summed E-state index contributed by atoms with van der Waals surface area (Å²) >= 11 is 0.